The van der Waals surface area contributed by atoms with Crippen molar-refractivity contribution < 1.29 is 9.53 Å². The first kappa shape index (κ1) is 15.2. The van der Waals surface area contributed by atoms with Crippen molar-refractivity contribution in [2.75, 3.05) is 13.7 Å². The van der Waals surface area contributed by atoms with Crippen LogP contribution < -0.4 is 5.73 Å². The minimum Gasteiger partial charge on any atom is -0.464 e. The molecule has 0 fully saturated rings. The third-order valence-electron chi connectivity index (χ3n) is 3.19. The van der Waals surface area contributed by atoms with Crippen molar-refractivity contribution in [1.29, 1.82) is 0 Å². The fourth-order valence-corrected chi connectivity index (χ4v) is 2.25. The van der Waals surface area contributed by atoms with Gasteiger partial charge >= 0.3 is 5.97 Å². The molecule has 0 amide bonds. The minimum absolute atomic E-state index is 0.224. The molecular weight excluding hydrogens is 272 g/mol. The maximum atomic E-state index is 11.7. The number of nitrogens with zero attached hydrogens (tertiary/aromatic N) is 5. The second-order valence-corrected chi connectivity index (χ2v) is 4.67. The van der Waals surface area contributed by atoms with E-state index >= 15 is 0 Å². The van der Waals surface area contributed by atoms with Gasteiger partial charge in [0.2, 0.25) is 0 Å². The molecule has 0 bridgehead atoms. The van der Waals surface area contributed by atoms with Crippen molar-refractivity contribution in [3.63, 3.8) is 0 Å². The highest BCUT2D eigenvalue weighted by Crippen LogP contribution is 2.12. The van der Waals surface area contributed by atoms with Gasteiger partial charge < -0.3 is 10.5 Å². The molecule has 21 heavy (non-hydrogen) atoms. The zero-order valence-electron chi connectivity index (χ0n) is 12.5. The van der Waals surface area contributed by atoms with Crippen LogP contribution in [-0.4, -0.2) is 44.4 Å². The summed E-state index contributed by atoms with van der Waals surface area (Å²) in [7, 11) is 1.32. The van der Waals surface area contributed by atoms with Gasteiger partial charge in [0.05, 0.1) is 30.7 Å². The number of aryl methyl sites for hydroxylation is 2. The van der Waals surface area contributed by atoms with Gasteiger partial charge in [-0.1, -0.05) is 5.21 Å². The number of nitrogens with two attached hydrogens (primary N) is 1. The molecule has 0 unspecified atom stereocenters. The highest BCUT2D eigenvalue weighted by Gasteiger charge is 2.20. The summed E-state index contributed by atoms with van der Waals surface area (Å²) in [5.74, 6) is -0.495. The van der Waals surface area contributed by atoms with Crippen molar-refractivity contribution in [3.05, 3.63) is 28.8 Å². The summed E-state index contributed by atoms with van der Waals surface area (Å²) in [6.45, 7) is 5.64. The summed E-state index contributed by atoms with van der Waals surface area (Å²) in [6.07, 6.45) is 0.511. The van der Waals surface area contributed by atoms with Crippen LogP contribution in [0.1, 0.15) is 34.5 Å². The number of rotatable bonds is 6. The Hall–Kier alpha value is -2.22. The Morgan fingerprint density at radius 1 is 1.43 bits per heavy atom. The molecule has 0 saturated carbocycles. The van der Waals surface area contributed by atoms with Crippen LogP contribution in [0.25, 0.3) is 0 Å². The number of ether oxygens (including phenoxy) is 1. The number of methoxy groups -OCH3 is 1. The zero-order valence-corrected chi connectivity index (χ0v) is 12.5. The van der Waals surface area contributed by atoms with Crippen LogP contribution in [0.2, 0.25) is 0 Å². The lowest BCUT2D eigenvalue weighted by molar-refractivity contribution is 0.0592. The first-order valence-electron chi connectivity index (χ1n) is 6.84. The Morgan fingerprint density at radius 3 is 2.81 bits per heavy atom. The third-order valence-corrected chi connectivity index (χ3v) is 3.19. The smallest absolute Gasteiger partial charge is 0.360 e. The second kappa shape index (κ2) is 6.49. The summed E-state index contributed by atoms with van der Waals surface area (Å²) < 4.78 is 8.31. The van der Waals surface area contributed by atoms with Gasteiger partial charge in [0.15, 0.2) is 5.69 Å². The Labute approximate surface area is 122 Å². The van der Waals surface area contributed by atoms with E-state index in [0.29, 0.717) is 25.2 Å². The predicted molar refractivity (Wildman–Crippen MR) is 75.9 cm³/mol. The average molecular weight is 292 g/mol. The van der Waals surface area contributed by atoms with Crippen LogP contribution in [0.5, 0.6) is 0 Å². The Balaban J connectivity index is 2.35. The molecule has 114 valence electrons. The molecule has 0 aliphatic rings. The van der Waals surface area contributed by atoms with Crippen LogP contribution in [0.4, 0.5) is 0 Å². The number of hydrogen-bond acceptors (Lipinski definition) is 6. The monoisotopic (exact) mass is 292 g/mol. The van der Waals surface area contributed by atoms with Crippen LogP contribution in [0, 0.1) is 6.92 Å². The van der Waals surface area contributed by atoms with E-state index in [1.54, 1.807) is 4.68 Å². The molecule has 2 aromatic heterocycles. The van der Waals surface area contributed by atoms with E-state index < -0.39 is 5.97 Å². The summed E-state index contributed by atoms with van der Waals surface area (Å²) in [5, 5.41) is 12.4. The number of esters is 1. The van der Waals surface area contributed by atoms with Crippen molar-refractivity contribution in [1.82, 2.24) is 24.8 Å². The molecule has 2 aromatic rings. The highest BCUT2D eigenvalue weighted by molar-refractivity contribution is 5.88. The lowest BCUT2D eigenvalue weighted by Gasteiger charge is -2.08. The zero-order chi connectivity index (χ0) is 15.4. The van der Waals surface area contributed by atoms with Gasteiger partial charge in [0, 0.05) is 13.0 Å². The predicted octanol–water partition coefficient (Wildman–Crippen LogP) is 0.139. The molecular formula is C13H20N6O2. The Morgan fingerprint density at radius 2 is 2.19 bits per heavy atom. The molecule has 0 aromatic carbocycles. The molecule has 2 rings (SSSR count). The molecule has 0 spiro atoms. The molecule has 2 heterocycles. The van der Waals surface area contributed by atoms with Crippen molar-refractivity contribution in [3.8, 4) is 0 Å². The van der Waals surface area contributed by atoms with E-state index in [2.05, 4.69) is 15.4 Å². The largest absolute Gasteiger partial charge is 0.464 e. The quantitative estimate of drug-likeness (QED) is 0.760. The summed E-state index contributed by atoms with van der Waals surface area (Å²) in [5.41, 5.74) is 8.48. The first-order valence-corrected chi connectivity index (χ1v) is 6.84. The number of hydrogen-bond donors (Lipinski definition) is 1. The van der Waals surface area contributed by atoms with E-state index in [1.807, 2.05) is 24.6 Å². The van der Waals surface area contributed by atoms with Gasteiger partial charge in [-0.2, -0.15) is 5.10 Å². The summed E-state index contributed by atoms with van der Waals surface area (Å²) >= 11 is 0. The SMILES string of the molecule is CCn1nc(C)cc1Cn1nnc(C(=O)OC)c1CCN. The van der Waals surface area contributed by atoms with E-state index in [-0.39, 0.29) is 5.69 Å². The van der Waals surface area contributed by atoms with Gasteiger partial charge in [-0.05, 0) is 26.5 Å². The summed E-state index contributed by atoms with van der Waals surface area (Å²) in [6, 6.07) is 2.00. The summed E-state index contributed by atoms with van der Waals surface area (Å²) in [4.78, 5) is 11.7. The Bertz CT molecular complexity index is 631. The van der Waals surface area contributed by atoms with Gasteiger partial charge in [-0.3, -0.25) is 4.68 Å². The second-order valence-electron chi connectivity index (χ2n) is 4.67. The van der Waals surface area contributed by atoms with E-state index in [0.717, 1.165) is 17.9 Å². The molecule has 0 radical (unpaired) electrons. The van der Waals surface area contributed by atoms with E-state index in [9.17, 15) is 4.79 Å². The van der Waals surface area contributed by atoms with E-state index in [1.165, 1.54) is 7.11 Å². The third kappa shape index (κ3) is 3.10. The highest BCUT2D eigenvalue weighted by atomic mass is 16.5. The molecule has 0 atom stereocenters. The lowest BCUT2D eigenvalue weighted by atomic mass is 10.2. The number of carbonyl (C=O) groups excluding carboxylic acids is 1. The molecule has 2 N–H and O–H groups in total. The molecule has 8 nitrogen and oxygen atoms in total. The normalized spacial score (nSPS) is 10.9. The van der Waals surface area contributed by atoms with Gasteiger partial charge in [-0.15, -0.1) is 5.10 Å². The molecule has 8 heteroatoms. The fourth-order valence-electron chi connectivity index (χ4n) is 2.25. The topological polar surface area (TPSA) is 101 Å². The maximum absolute atomic E-state index is 11.7. The average Bonchev–Trinajstić information content (AvgIpc) is 3.03. The van der Waals surface area contributed by atoms with E-state index in [4.69, 9.17) is 10.5 Å². The fraction of sp³-hybridized carbons (Fsp3) is 0.538. The van der Waals surface area contributed by atoms with Crippen molar-refractivity contribution in [2.24, 2.45) is 5.73 Å². The lowest BCUT2D eigenvalue weighted by Crippen LogP contribution is -2.16. The molecule has 0 aliphatic heterocycles. The Kier molecular flexibility index (Phi) is 4.69. The van der Waals surface area contributed by atoms with Gasteiger partial charge in [0.1, 0.15) is 0 Å². The minimum atomic E-state index is -0.495. The van der Waals surface area contributed by atoms with Crippen LogP contribution in [0.15, 0.2) is 6.07 Å². The number of aromatic nitrogens is 5. The van der Waals surface area contributed by atoms with Crippen LogP contribution >= 0.6 is 0 Å². The standard InChI is InChI=1S/C13H20N6O2/c1-4-18-10(7-9(2)16-18)8-19-11(5-6-14)12(15-17-19)13(20)21-3/h7H,4-6,8,14H2,1-3H3. The molecule has 0 aliphatic carbocycles. The number of carbonyl (C=O) groups is 1. The van der Waals surface area contributed by atoms with Crippen molar-refractivity contribution >= 4 is 5.97 Å². The van der Waals surface area contributed by atoms with Crippen LogP contribution in [-0.2, 0) is 24.2 Å². The molecule has 0 saturated heterocycles. The van der Waals surface area contributed by atoms with Crippen LogP contribution in [0.3, 0.4) is 0 Å². The van der Waals surface area contributed by atoms with Gasteiger partial charge in [-0.25, -0.2) is 9.48 Å². The van der Waals surface area contributed by atoms with Gasteiger partial charge in [0.25, 0.3) is 0 Å². The maximum Gasteiger partial charge on any atom is 0.360 e. The first-order chi connectivity index (χ1) is 10.1. The van der Waals surface area contributed by atoms with Crippen molar-refractivity contribution in [2.45, 2.75) is 33.4 Å².